The van der Waals surface area contributed by atoms with E-state index in [1.807, 2.05) is 0 Å². The van der Waals surface area contributed by atoms with Crippen LogP contribution < -0.4 is 0 Å². The molecular weight excluding hydrogens is 184 g/mol. The minimum Gasteiger partial charge on any atom is -0.454 e. The smallest absolute Gasteiger partial charge is 0.306 e. The largest absolute Gasteiger partial charge is 0.454 e. The Labute approximate surface area is 83.1 Å². The van der Waals surface area contributed by atoms with Crippen LogP contribution >= 0.6 is 0 Å². The van der Waals surface area contributed by atoms with Crippen molar-refractivity contribution in [3.05, 3.63) is 24.0 Å². The molecule has 0 aromatic carbocycles. The van der Waals surface area contributed by atoms with Crippen LogP contribution in [0.2, 0.25) is 0 Å². The summed E-state index contributed by atoms with van der Waals surface area (Å²) in [4.78, 5) is 11.0. The van der Waals surface area contributed by atoms with Crippen molar-refractivity contribution in [1.29, 1.82) is 0 Å². The lowest BCUT2D eigenvalue weighted by molar-refractivity contribution is -0.147. The Hall–Kier alpha value is -1.45. The number of hydrogen-bond acceptors (Lipinski definition) is 4. The monoisotopic (exact) mass is 198 g/mol. The first-order valence-electron chi connectivity index (χ1n) is 4.49. The van der Waals surface area contributed by atoms with E-state index >= 15 is 0 Å². The molecule has 0 aliphatic carbocycles. The molecule has 0 N–H and O–H groups in total. The van der Waals surface area contributed by atoms with Gasteiger partial charge in [0.1, 0.15) is 5.76 Å². The molecule has 1 unspecified atom stereocenters. The first-order valence-corrected chi connectivity index (χ1v) is 4.49. The van der Waals surface area contributed by atoms with Crippen LogP contribution in [0, 0.1) is 0 Å². The molecule has 1 aliphatic rings. The molecule has 0 aromatic rings. The van der Waals surface area contributed by atoms with E-state index in [1.165, 1.54) is 0 Å². The topological polar surface area (TPSA) is 44.8 Å². The predicted molar refractivity (Wildman–Crippen MR) is 49.9 cm³/mol. The van der Waals surface area contributed by atoms with E-state index in [2.05, 4.69) is 6.58 Å². The van der Waals surface area contributed by atoms with Crippen LogP contribution in [-0.2, 0) is 19.0 Å². The molecule has 0 saturated carbocycles. The van der Waals surface area contributed by atoms with Gasteiger partial charge in [0.15, 0.2) is 11.9 Å². The van der Waals surface area contributed by atoms with Gasteiger partial charge in [0.25, 0.3) is 5.95 Å². The standard InChI is InChI=1S/C10H14O4/c1-5-9(11)13-7(3)10-6(2)12-8(4)14-10/h7H,4-5H2,1-3H3. The Morgan fingerprint density at radius 2 is 2.21 bits per heavy atom. The van der Waals surface area contributed by atoms with Gasteiger partial charge in [-0.25, -0.2) is 0 Å². The molecule has 4 heteroatoms. The lowest BCUT2D eigenvalue weighted by Crippen LogP contribution is -2.17. The van der Waals surface area contributed by atoms with Crippen molar-refractivity contribution in [3.63, 3.8) is 0 Å². The van der Waals surface area contributed by atoms with Gasteiger partial charge in [-0.15, -0.1) is 0 Å². The molecule has 14 heavy (non-hydrogen) atoms. The summed E-state index contributed by atoms with van der Waals surface area (Å²) in [5, 5.41) is 0. The summed E-state index contributed by atoms with van der Waals surface area (Å²) in [5.41, 5.74) is 0. The maximum atomic E-state index is 11.0. The Balaban J connectivity index is 2.61. The summed E-state index contributed by atoms with van der Waals surface area (Å²) >= 11 is 0. The molecule has 1 atom stereocenters. The normalized spacial score (nSPS) is 17.5. The lowest BCUT2D eigenvalue weighted by Gasteiger charge is -2.12. The van der Waals surface area contributed by atoms with Gasteiger partial charge in [0.2, 0.25) is 0 Å². The fourth-order valence-corrected chi connectivity index (χ4v) is 1.14. The number of esters is 1. The van der Waals surface area contributed by atoms with Crippen LogP contribution in [0.1, 0.15) is 27.2 Å². The van der Waals surface area contributed by atoms with Gasteiger partial charge in [0.05, 0.1) is 0 Å². The highest BCUT2D eigenvalue weighted by molar-refractivity contribution is 5.69. The van der Waals surface area contributed by atoms with Crippen molar-refractivity contribution in [1.82, 2.24) is 0 Å². The molecule has 0 spiro atoms. The third-order valence-electron chi connectivity index (χ3n) is 1.80. The fourth-order valence-electron chi connectivity index (χ4n) is 1.14. The molecule has 0 fully saturated rings. The summed E-state index contributed by atoms with van der Waals surface area (Å²) in [7, 11) is 0. The van der Waals surface area contributed by atoms with Crippen molar-refractivity contribution >= 4 is 5.97 Å². The molecule has 0 amide bonds. The zero-order chi connectivity index (χ0) is 10.7. The molecule has 4 nitrogen and oxygen atoms in total. The highest BCUT2D eigenvalue weighted by Crippen LogP contribution is 2.26. The van der Waals surface area contributed by atoms with Crippen LogP contribution in [0.3, 0.4) is 0 Å². The van der Waals surface area contributed by atoms with Gasteiger partial charge < -0.3 is 14.2 Å². The fraction of sp³-hybridized carbons (Fsp3) is 0.500. The van der Waals surface area contributed by atoms with Gasteiger partial charge in [-0.2, -0.15) is 0 Å². The van der Waals surface area contributed by atoms with Crippen molar-refractivity contribution in [3.8, 4) is 0 Å². The molecule has 1 heterocycles. The SMILES string of the molecule is C=C1OC(C)=C(C(C)OC(=O)CC)O1. The molecule has 0 saturated heterocycles. The second kappa shape index (κ2) is 4.17. The molecule has 1 aliphatic heterocycles. The van der Waals surface area contributed by atoms with Gasteiger partial charge in [-0.3, -0.25) is 4.79 Å². The molecule has 78 valence electrons. The molecule has 0 radical (unpaired) electrons. The van der Waals surface area contributed by atoms with E-state index in [-0.39, 0.29) is 11.9 Å². The summed E-state index contributed by atoms with van der Waals surface area (Å²) in [6.07, 6.45) is -0.0833. The number of allylic oxidation sites excluding steroid dienone is 1. The minimum atomic E-state index is -0.429. The van der Waals surface area contributed by atoms with Crippen molar-refractivity contribution < 1.29 is 19.0 Å². The molecule has 1 rings (SSSR count). The van der Waals surface area contributed by atoms with Crippen molar-refractivity contribution in [2.24, 2.45) is 0 Å². The Bertz CT molecular complexity index is 290. The second-order valence-electron chi connectivity index (χ2n) is 2.98. The van der Waals surface area contributed by atoms with Crippen molar-refractivity contribution in [2.75, 3.05) is 0 Å². The Kier molecular flexibility index (Phi) is 3.17. The van der Waals surface area contributed by atoms with Crippen LogP contribution in [0.4, 0.5) is 0 Å². The molecular formula is C10H14O4. The average molecular weight is 198 g/mol. The highest BCUT2D eigenvalue weighted by Gasteiger charge is 2.25. The zero-order valence-corrected chi connectivity index (χ0v) is 8.62. The highest BCUT2D eigenvalue weighted by atomic mass is 16.7. The minimum absolute atomic E-state index is 0.219. The van der Waals surface area contributed by atoms with E-state index in [1.54, 1.807) is 20.8 Å². The average Bonchev–Trinajstić information content (AvgIpc) is 2.45. The van der Waals surface area contributed by atoms with Gasteiger partial charge in [0, 0.05) is 6.42 Å². The van der Waals surface area contributed by atoms with E-state index in [4.69, 9.17) is 14.2 Å². The van der Waals surface area contributed by atoms with Crippen LogP contribution in [0.25, 0.3) is 0 Å². The van der Waals surface area contributed by atoms with E-state index < -0.39 is 6.10 Å². The summed E-state index contributed by atoms with van der Waals surface area (Å²) in [6.45, 7) is 8.72. The summed E-state index contributed by atoms with van der Waals surface area (Å²) < 4.78 is 15.3. The maximum Gasteiger partial charge on any atom is 0.306 e. The number of rotatable bonds is 3. The zero-order valence-electron chi connectivity index (χ0n) is 8.62. The third kappa shape index (κ3) is 2.28. The van der Waals surface area contributed by atoms with E-state index in [0.717, 1.165) is 0 Å². The number of carbonyl (C=O) groups excluding carboxylic acids is 1. The lowest BCUT2D eigenvalue weighted by atomic mass is 10.3. The Morgan fingerprint density at radius 1 is 1.57 bits per heavy atom. The molecule has 0 aromatic heterocycles. The van der Waals surface area contributed by atoms with Crippen LogP contribution in [0.15, 0.2) is 24.0 Å². The van der Waals surface area contributed by atoms with Gasteiger partial charge in [-0.05, 0) is 20.4 Å². The van der Waals surface area contributed by atoms with Gasteiger partial charge >= 0.3 is 5.97 Å². The number of hydrogen-bond donors (Lipinski definition) is 0. The Morgan fingerprint density at radius 3 is 2.64 bits per heavy atom. The first-order chi connectivity index (χ1) is 6.54. The quantitative estimate of drug-likeness (QED) is 0.651. The van der Waals surface area contributed by atoms with Crippen LogP contribution in [0.5, 0.6) is 0 Å². The predicted octanol–water partition coefficient (Wildman–Crippen LogP) is 2.08. The maximum absolute atomic E-state index is 11.0. The first kappa shape index (κ1) is 10.6. The van der Waals surface area contributed by atoms with Crippen molar-refractivity contribution in [2.45, 2.75) is 33.3 Å². The molecule has 0 bridgehead atoms. The number of ether oxygens (including phenoxy) is 3. The summed E-state index contributed by atoms with van der Waals surface area (Å²) in [6, 6.07) is 0. The summed E-state index contributed by atoms with van der Waals surface area (Å²) in [5.74, 6) is 1.05. The van der Waals surface area contributed by atoms with Gasteiger partial charge in [-0.1, -0.05) is 6.92 Å². The number of carbonyl (C=O) groups is 1. The third-order valence-corrected chi connectivity index (χ3v) is 1.80. The second-order valence-corrected chi connectivity index (χ2v) is 2.98. The van der Waals surface area contributed by atoms with E-state index in [0.29, 0.717) is 17.9 Å². The van der Waals surface area contributed by atoms with Crippen LogP contribution in [-0.4, -0.2) is 12.1 Å². The van der Waals surface area contributed by atoms with E-state index in [9.17, 15) is 4.79 Å².